The number of hydrogen-bond donors (Lipinski definition) is 1. The lowest BCUT2D eigenvalue weighted by molar-refractivity contribution is -0.908. The normalized spacial score (nSPS) is 21.9. The maximum Gasteiger partial charge on any atom is 0.120 e. The van der Waals surface area contributed by atoms with Gasteiger partial charge >= 0.3 is 0 Å². The van der Waals surface area contributed by atoms with Gasteiger partial charge in [0.25, 0.3) is 0 Å². The molecule has 0 unspecified atom stereocenters. The Balaban J connectivity index is 0.00000256. The molecule has 0 aromatic heterocycles. The number of quaternary nitrogens is 1. The Morgan fingerprint density at radius 3 is 2.07 bits per heavy atom. The quantitative estimate of drug-likeness (QED) is 0.410. The lowest BCUT2D eigenvalue weighted by Gasteiger charge is -2.49. The third kappa shape index (κ3) is 4.48. The molecule has 3 heteroatoms. The van der Waals surface area contributed by atoms with E-state index in [0.29, 0.717) is 6.42 Å². The summed E-state index contributed by atoms with van der Waals surface area (Å²) in [5, 5.41) is 12.4. The Bertz CT molecular complexity index is 951. The second-order valence-electron chi connectivity index (χ2n) is 9.36. The topological polar surface area (TPSA) is 20.2 Å². The molecule has 30 heavy (non-hydrogen) atoms. The minimum atomic E-state index is -0.901. The summed E-state index contributed by atoms with van der Waals surface area (Å²) in [6, 6.07) is 29.9. The predicted molar refractivity (Wildman–Crippen MR) is 120 cm³/mol. The van der Waals surface area contributed by atoms with Gasteiger partial charge in [0.15, 0.2) is 0 Å². The van der Waals surface area contributed by atoms with E-state index in [-0.39, 0.29) is 35.9 Å². The molecule has 2 nitrogen and oxygen atoms in total. The molecule has 1 aliphatic carbocycles. The van der Waals surface area contributed by atoms with E-state index in [9.17, 15) is 5.11 Å². The molecule has 158 valence electrons. The summed E-state index contributed by atoms with van der Waals surface area (Å²) in [7, 11) is 6.75. The van der Waals surface area contributed by atoms with Crippen molar-refractivity contribution in [3.05, 3.63) is 107 Å². The zero-order valence-electron chi connectivity index (χ0n) is 18.1. The number of rotatable bonds is 5. The summed E-state index contributed by atoms with van der Waals surface area (Å²) in [6.07, 6.45) is 2.63. The van der Waals surface area contributed by atoms with Crippen LogP contribution in [0.2, 0.25) is 0 Å². The summed E-state index contributed by atoms with van der Waals surface area (Å²) in [6.45, 7) is 0. The minimum Gasteiger partial charge on any atom is -1.00 e. The maximum absolute atomic E-state index is 12.4. The molecule has 0 fully saturated rings. The van der Waals surface area contributed by atoms with Crippen LogP contribution in [0.5, 0.6) is 0 Å². The van der Waals surface area contributed by atoms with E-state index in [1.165, 1.54) is 16.7 Å². The Labute approximate surface area is 198 Å². The Kier molecular flexibility index (Phi) is 7.05. The molecular weight excluding hydrogens is 481 g/mol. The van der Waals surface area contributed by atoms with Crippen LogP contribution in [0.25, 0.3) is 0 Å². The Hall–Kier alpha value is -1.69. The van der Waals surface area contributed by atoms with E-state index in [4.69, 9.17) is 0 Å². The van der Waals surface area contributed by atoms with E-state index < -0.39 is 5.60 Å². The smallest absolute Gasteiger partial charge is 0.120 e. The standard InChI is InChI=1S/C27H32NO.HI/c1-28(2,3)26(23-15-8-5-9-16-23)25-19-18-22-14-10-11-17-24(22)27(25,29)20-21-12-6-4-7-13-21;/h4-17,25-26,29H,18-20H2,1-3H3;1H/q+1;/p-1/t25-,26-,27+;/m0./s1. The highest BCUT2D eigenvalue weighted by atomic mass is 127. The molecule has 3 aromatic rings. The van der Waals surface area contributed by atoms with Gasteiger partial charge in [0.1, 0.15) is 11.6 Å². The molecule has 0 spiro atoms. The van der Waals surface area contributed by atoms with Crippen LogP contribution in [0.4, 0.5) is 0 Å². The number of aliphatic hydroxyl groups is 1. The van der Waals surface area contributed by atoms with Crippen LogP contribution in [0, 0.1) is 5.92 Å². The van der Waals surface area contributed by atoms with Crippen molar-refractivity contribution in [3.8, 4) is 0 Å². The van der Waals surface area contributed by atoms with Crippen LogP contribution in [0.3, 0.4) is 0 Å². The second-order valence-corrected chi connectivity index (χ2v) is 9.36. The fourth-order valence-electron chi connectivity index (χ4n) is 5.33. The molecule has 0 saturated carbocycles. The molecule has 0 amide bonds. The first-order valence-electron chi connectivity index (χ1n) is 10.6. The second kappa shape index (κ2) is 9.21. The van der Waals surface area contributed by atoms with Crippen molar-refractivity contribution < 1.29 is 33.6 Å². The molecule has 0 bridgehead atoms. The maximum atomic E-state index is 12.4. The van der Waals surface area contributed by atoms with Gasteiger partial charge in [-0.3, -0.25) is 0 Å². The van der Waals surface area contributed by atoms with E-state index >= 15 is 0 Å². The van der Waals surface area contributed by atoms with Gasteiger partial charge in [-0.25, -0.2) is 0 Å². The molecule has 4 rings (SSSR count). The van der Waals surface area contributed by atoms with Crippen molar-refractivity contribution in [1.82, 2.24) is 0 Å². The lowest BCUT2D eigenvalue weighted by atomic mass is 9.64. The number of hydrogen-bond acceptors (Lipinski definition) is 1. The van der Waals surface area contributed by atoms with Crippen LogP contribution in [-0.2, 0) is 18.4 Å². The van der Waals surface area contributed by atoms with Gasteiger partial charge in [-0.2, -0.15) is 0 Å². The molecular formula is C27H32INO. The fourth-order valence-corrected chi connectivity index (χ4v) is 5.33. The average Bonchev–Trinajstić information content (AvgIpc) is 2.71. The summed E-state index contributed by atoms with van der Waals surface area (Å²) in [5.74, 6) is 0.125. The molecule has 0 saturated heterocycles. The van der Waals surface area contributed by atoms with E-state index in [1.54, 1.807) is 0 Å². The van der Waals surface area contributed by atoms with Crippen molar-refractivity contribution in [2.45, 2.75) is 30.9 Å². The minimum absolute atomic E-state index is 0. The highest BCUT2D eigenvalue weighted by Gasteiger charge is 2.50. The third-order valence-electron chi connectivity index (χ3n) is 6.50. The lowest BCUT2D eigenvalue weighted by Crippen LogP contribution is -3.00. The molecule has 1 aliphatic rings. The SMILES string of the molecule is C[N+](C)(C)[C@@H](c1ccccc1)[C@@H]1CCc2ccccc2[C@]1(O)Cc1ccccc1.[I-]. The number of fused-ring (bicyclic) bond motifs is 1. The number of nitrogens with zero attached hydrogens (tertiary/aromatic N) is 1. The van der Waals surface area contributed by atoms with Crippen molar-refractivity contribution in [1.29, 1.82) is 0 Å². The number of benzene rings is 3. The van der Waals surface area contributed by atoms with Crippen LogP contribution >= 0.6 is 0 Å². The van der Waals surface area contributed by atoms with Gasteiger partial charge in [-0.15, -0.1) is 0 Å². The summed E-state index contributed by atoms with van der Waals surface area (Å²) in [4.78, 5) is 0. The molecule has 0 aliphatic heterocycles. The fraction of sp³-hybridized carbons (Fsp3) is 0.333. The van der Waals surface area contributed by atoms with Gasteiger partial charge in [0.2, 0.25) is 0 Å². The monoisotopic (exact) mass is 513 g/mol. The van der Waals surface area contributed by atoms with Crippen molar-refractivity contribution in [2.75, 3.05) is 21.1 Å². The summed E-state index contributed by atoms with van der Waals surface area (Å²) >= 11 is 0. The van der Waals surface area contributed by atoms with Gasteiger partial charge in [0, 0.05) is 17.9 Å². The number of aryl methyl sites for hydroxylation is 1. The Morgan fingerprint density at radius 2 is 1.43 bits per heavy atom. The van der Waals surface area contributed by atoms with Crippen LogP contribution in [-0.4, -0.2) is 30.7 Å². The first-order chi connectivity index (χ1) is 13.9. The number of halogens is 1. The zero-order valence-corrected chi connectivity index (χ0v) is 20.3. The van der Waals surface area contributed by atoms with Crippen molar-refractivity contribution in [3.63, 3.8) is 0 Å². The van der Waals surface area contributed by atoms with E-state index in [0.717, 1.165) is 22.9 Å². The Morgan fingerprint density at radius 1 is 0.867 bits per heavy atom. The third-order valence-corrected chi connectivity index (χ3v) is 6.50. The highest BCUT2D eigenvalue weighted by molar-refractivity contribution is 5.39. The molecule has 1 N–H and O–H groups in total. The summed E-state index contributed by atoms with van der Waals surface area (Å²) < 4.78 is 0.786. The van der Waals surface area contributed by atoms with Crippen LogP contribution in [0.15, 0.2) is 84.9 Å². The highest BCUT2D eigenvalue weighted by Crippen LogP contribution is 2.50. The molecule has 0 radical (unpaired) electrons. The van der Waals surface area contributed by atoms with Crippen molar-refractivity contribution >= 4 is 0 Å². The predicted octanol–water partition coefficient (Wildman–Crippen LogP) is 2.13. The molecule has 3 atom stereocenters. The van der Waals surface area contributed by atoms with Gasteiger partial charge in [0.05, 0.1) is 21.1 Å². The van der Waals surface area contributed by atoms with E-state index in [2.05, 4.69) is 100 Å². The largest absolute Gasteiger partial charge is 1.00 e. The molecule has 0 heterocycles. The summed E-state index contributed by atoms with van der Waals surface area (Å²) in [5.41, 5.74) is 3.98. The molecule has 3 aromatic carbocycles. The van der Waals surface area contributed by atoms with Gasteiger partial charge in [-0.05, 0) is 29.5 Å². The van der Waals surface area contributed by atoms with E-state index in [1.807, 2.05) is 6.07 Å². The van der Waals surface area contributed by atoms with Gasteiger partial charge in [-0.1, -0.05) is 84.9 Å². The first-order valence-corrected chi connectivity index (χ1v) is 10.6. The van der Waals surface area contributed by atoms with Gasteiger partial charge < -0.3 is 33.6 Å². The van der Waals surface area contributed by atoms with Crippen molar-refractivity contribution in [2.24, 2.45) is 5.92 Å². The van der Waals surface area contributed by atoms with Crippen LogP contribution in [0.1, 0.15) is 34.7 Å². The first kappa shape index (κ1) is 23.0. The van der Waals surface area contributed by atoms with Crippen LogP contribution < -0.4 is 24.0 Å². The zero-order chi connectivity index (χ0) is 20.5. The average molecular weight is 513 g/mol.